The SMILES string of the molecule is CN1C(=O)OC(CCN2CCC(C(O)c3ccccc3-c3ccccc3)CC2)C12OC(=O)C(=O)O2. The molecule has 1 spiro atoms. The molecule has 0 aromatic heterocycles. The third-order valence-electron chi connectivity index (χ3n) is 7.19. The topological polar surface area (TPSA) is 106 Å². The number of aliphatic hydroxyl groups is 1. The maximum Gasteiger partial charge on any atom is 0.422 e. The predicted molar refractivity (Wildman–Crippen MR) is 124 cm³/mol. The number of likely N-dealkylation sites (tertiary alicyclic amines) is 1. The first-order chi connectivity index (χ1) is 16.9. The zero-order chi connectivity index (χ0) is 24.6. The number of carbonyl (C=O) groups is 3. The van der Waals surface area contributed by atoms with Gasteiger partial charge >= 0.3 is 23.9 Å². The molecule has 5 rings (SSSR count). The molecule has 0 radical (unpaired) electrons. The number of esters is 2. The van der Waals surface area contributed by atoms with Crippen LogP contribution in [0.2, 0.25) is 0 Å². The first-order valence-corrected chi connectivity index (χ1v) is 11.8. The van der Waals surface area contributed by atoms with Crippen molar-refractivity contribution < 1.29 is 33.7 Å². The molecule has 3 aliphatic rings. The van der Waals surface area contributed by atoms with E-state index in [-0.39, 0.29) is 5.92 Å². The van der Waals surface area contributed by atoms with Crippen molar-refractivity contribution in [1.82, 2.24) is 9.80 Å². The van der Waals surface area contributed by atoms with Gasteiger partial charge in [0.2, 0.25) is 6.10 Å². The van der Waals surface area contributed by atoms with Crippen molar-refractivity contribution in [2.24, 2.45) is 5.92 Å². The number of benzene rings is 2. The second-order valence-corrected chi connectivity index (χ2v) is 9.21. The van der Waals surface area contributed by atoms with Gasteiger partial charge in [-0.25, -0.2) is 19.3 Å². The number of amides is 1. The Morgan fingerprint density at radius 3 is 2.29 bits per heavy atom. The van der Waals surface area contributed by atoms with Gasteiger partial charge in [0.25, 0.3) is 0 Å². The maximum absolute atomic E-state index is 12.1. The summed E-state index contributed by atoms with van der Waals surface area (Å²) >= 11 is 0. The molecule has 0 aliphatic carbocycles. The van der Waals surface area contributed by atoms with E-state index in [9.17, 15) is 19.5 Å². The number of likely N-dealkylation sites (N-methyl/N-ethyl adjacent to an activating group) is 1. The number of carbonyl (C=O) groups excluding carboxylic acids is 3. The highest BCUT2D eigenvalue weighted by Crippen LogP contribution is 2.39. The van der Waals surface area contributed by atoms with E-state index in [0.29, 0.717) is 13.0 Å². The third kappa shape index (κ3) is 4.26. The first-order valence-electron chi connectivity index (χ1n) is 11.8. The van der Waals surface area contributed by atoms with Gasteiger partial charge in [-0.1, -0.05) is 54.6 Å². The van der Waals surface area contributed by atoms with Crippen LogP contribution in [-0.4, -0.2) is 71.6 Å². The third-order valence-corrected chi connectivity index (χ3v) is 7.19. The lowest BCUT2D eigenvalue weighted by Crippen LogP contribution is -2.51. The van der Waals surface area contributed by atoms with Crippen LogP contribution in [-0.2, 0) is 23.8 Å². The fourth-order valence-electron chi connectivity index (χ4n) is 5.18. The highest BCUT2D eigenvalue weighted by molar-refractivity contribution is 6.31. The lowest BCUT2D eigenvalue weighted by Gasteiger charge is -2.36. The van der Waals surface area contributed by atoms with E-state index in [2.05, 4.69) is 4.90 Å². The van der Waals surface area contributed by atoms with Gasteiger partial charge in [0.05, 0.1) is 6.10 Å². The number of ether oxygens (including phenoxy) is 3. The van der Waals surface area contributed by atoms with Crippen molar-refractivity contribution in [2.45, 2.75) is 37.4 Å². The Morgan fingerprint density at radius 2 is 1.60 bits per heavy atom. The molecule has 3 fully saturated rings. The average molecular weight is 481 g/mol. The average Bonchev–Trinajstić information content (AvgIpc) is 3.32. The Hall–Kier alpha value is -3.43. The highest BCUT2D eigenvalue weighted by atomic mass is 16.8. The van der Waals surface area contributed by atoms with Crippen LogP contribution in [0.3, 0.4) is 0 Å². The standard InChI is InChI=1S/C26H28N2O7/c1-27-25(32)33-21(26(27)34-23(30)24(31)35-26)13-16-28-14-11-18(12-15-28)22(29)20-10-6-5-9-19(20)17-7-3-2-4-8-17/h2-10,18,21-22,29H,11-16H2,1H3. The van der Waals surface area contributed by atoms with Crippen molar-refractivity contribution >= 4 is 18.0 Å². The number of piperidine rings is 1. The number of nitrogens with zero attached hydrogens (tertiary/aromatic N) is 2. The Labute approximate surface area is 203 Å². The van der Waals surface area contributed by atoms with Crippen molar-refractivity contribution in [3.63, 3.8) is 0 Å². The summed E-state index contributed by atoms with van der Waals surface area (Å²) in [5.74, 6) is -3.98. The van der Waals surface area contributed by atoms with E-state index in [1.54, 1.807) is 0 Å². The summed E-state index contributed by atoms with van der Waals surface area (Å²) in [6, 6.07) is 18.0. The molecule has 9 nitrogen and oxygen atoms in total. The van der Waals surface area contributed by atoms with Gasteiger partial charge in [0.1, 0.15) is 0 Å². The van der Waals surface area contributed by atoms with Crippen LogP contribution in [0.25, 0.3) is 11.1 Å². The summed E-state index contributed by atoms with van der Waals surface area (Å²) in [5.41, 5.74) is 3.06. The number of hydrogen-bond donors (Lipinski definition) is 1. The van der Waals surface area contributed by atoms with E-state index < -0.39 is 36.2 Å². The van der Waals surface area contributed by atoms with Gasteiger partial charge < -0.3 is 24.2 Å². The van der Waals surface area contributed by atoms with Gasteiger partial charge in [-0.05, 0) is 48.5 Å². The molecule has 35 heavy (non-hydrogen) atoms. The van der Waals surface area contributed by atoms with Crippen LogP contribution in [0.4, 0.5) is 4.79 Å². The minimum atomic E-state index is -1.83. The number of aliphatic hydroxyl groups excluding tert-OH is 1. The van der Waals surface area contributed by atoms with Crippen LogP contribution in [0, 0.1) is 5.92 Å². The van der Waals surface area contributed by atoms with Crippen LogP contribution >= 0.6 is 0 Å². The Kier molecular flexibility index (Phi) is 6.21. The predicted octanol–water partition coefficient (Wildman–Crippen LogP) is 2.69. The molecular formula is C26H28N2O7. The highest BCUT2D eigenvalue weighted by Gasteiger charge is 2.65. The molecule has 1 N–H and O–H groups in total. The van der Waals surface area contributed by atoms with Crippen molar-refractivity contribution in [1.29, 1.82) is 0 Å². The molecule has 2 atom stereocenters. The first kappa shape index (κ1) is 23.3. The summed E-state index contributed by atoms with van der Waals surface area (Å²) < 4.78 is 15.6. The molecule has 184 valence electrons. The summed E-state index contributed by atoms with van der Waals surface area (Å²) in [6.45, 7) is 2.09. The fourth-order valence-corrected chi connectivity index (χ4v) is 5.18. The van der Waals surface area contributed by atoms with Crippen LogP contribution in [0.1, 0.15) is 30.9 Å². The number of rotatable bonds is 6. The number of hydrogen-bond acceptors (Lipinski definition) is 8. The summed E-state index contributed by atoms with van der Waals surface area (Å²) in [5, 5.41) is 11.2. The molecule has 0 saturated carbocycles. The largest absolute Gasteiger partial charge is 0.435 e. The second-order valence-electron chi connectivity index (χ2n) is 9.21. The normalized spacial score (nSPS) is 23.3. The minimum Gasteiger partial charge on any atom is -0.435 e. The van der Waals surface area contributed by atoms with Gasteiger partial charge in [-0.2, -0.15) is 0 Å². The van der Waals surface area contributed by atoms with Gasteiger partial charge in [-0.15, -0.1) is 0 Å². The Bertz CT molecular complexity index is 1100. The molecule has 2 aromatic carbocycles. The van der Waals surface area contributed by atoms with Crippen molar-refractivity contribution in [3.8, 4) is 11.1 Å². The molecule has 1 amide bonds. The van der Waals surface area contributed by atoms with E-state index >= 15 is 0 Å². The van der Waals surface area contributed by atoms with Gasteiger partial charge in [0.15, 0.2) is 0 Å². The molecule has 3 saturated heterocycles. The van der Waals surface area contributed by atoms with Crippen LogP contribution < -0.4 is 0 Å². The lowest BCUT2D eigenvalue weighted by molar-refractivity contribution is -0.242. The van der Waals surface area contributed by atoms with Crippen LogP contribution in [0.15, 0.2) is 54.6 Å². The summed E-state index contributed by atoms with van der Waals surface area (Å²) in [7, 11) is 1.37. The van der Waals surface area contributed by atoms with E-state index in [4.69, 9.17) is 14.2 Å². The molecule has 0 bridgehead atoms. The summed E-state index contributed by atoms with van der Waals surface area (Å²) in [6.07, 6.45) is -0.236. The molecule has 3 heterocycles. The Morgan fingerprint density at radius 1 is 0.971 bits per heavy atom. The number of cyclic esters (lactones) is 1. The molecule has 2 unspecified atom stereocenters. The minimum absolute atomic E-state index is 0.120. The smallest absolute Gasteiger partial charge is 0.422 e. The van der Waals surface area contributed by atoms with Crippen molar-refractivity contribution in [2.75, 3.05) is 26.7 Å². The van der Waals surface area contributed by atoms with Gasteiger partial charge in [-0.3, -0.25) is 0 Å². The zero-order valence-electron chi connectivity index (χ0n) is 19.5. The van der Waals surface area contributed by atoms with E-state index in [1.165, 1.54) is 7.05 Å². The van der Waals surface area contributed by atoms with E-state index in [0.717, 1.165) is 47.5 Å². The second kappa shape index (κ2) is 9.31. The Balaban J connectivity index is 1.19. The molecule has 9 heteroatoms. The molecular weight excluding hydrogens is 452 g/mol. The van der Waals surface area contributed by atoms with Crippen LogP contribution in [0.5, 0.6) is 0 Å². The maximum atomic E-state index is 12.1. The van der Waals surface area contributed by atoms with E-state index in [1.807, 2.05) is 54.6 Å². The fraction of sp³-hybridized carbons (Fsp3) is 0.423. The van der Waals surface area contributed by atoms with Crippen molar-refractivity contribution in [3.05, 3.63) is 60.2 Å². The zero-order valence-corrected chi connectivity index (χ0v) is 19.5. The monoisotopic (exact) mass is 480 g/mol. The summed E-state index contributed by atoms with van der Waals surface area (Å²) in [4.78, 5) is 38.6. The molecule has 2 aromatic rings. The molecule has 3 aliphatic heterocycles. The lowest BCUT2D eigenvalue weighted by atomic mass is 9.84. The van der Waals surface area contributed by atoms with Gasteiger partial charge in [0, 0.05) is 20.0 Å². The quantitative estimate of drug-likeness (QED) is 0.497.